The van der Waals surface area contributed by atoms with Gasteiger partial charge in [-0.25, -0.2) is 0 Å². The van der Waals surface area contributed by atoms with E-state index in [9.17, 15) is 0 Å². The van der Waals surface area contributed by atoms with E-state index in [4.69, 9.17) is 0 Å². The maximum absolute atomic E-state index is 2.54. The predicted octanol–water partition coefficient (Wildman–Crippen LogP) is 6.80. The molecule has 0 aliphatic heterocycles. The highest BCUT2D eigenvalue weighted by Gasteiger charge is 2.28. The van der Waals surface area contributed by atoms with Crippen LogP contribution in [-0.4, -0.2) is 8.07 Å². The van der Waals surface area contributed by atoms with Crippen LogP contribution in [0.2, 0.25) is 24.2 Å². The molecule has 0 rings (SSSR count). The second kappa shape index (κ2) is 12.0. The standard InChI is InChI=1S/C17H36Si/c1-5-9-10-11-12-13-17-18(14-6-2,15-7-3)16-8-4/h12-13H,5-11,14-17H2,1-4H3/b13-12+. The van der Waals surface area contributed by atoms with Crippen LogP contribution in [0.3, 0.4) is 0 Å². The van der Waals surface area contributed by atoms with Crippen LogP contribution in [0.1, 0.15) is 72.6 Å². The van der Waals surface area contributed by atoms with Crippen LogP contribution in [-0.2, 0) is 0 Å². The minimum absolute atomic E-state index is 0.951. The van der Waals surface area contributed by atoms with Gasteiger partial charge in [-0.1, -0.05) is 90.1 Å². The summed E-state index contributed by atoms with van der Waals surface area (Å²) in [4.78, 5) is 0. The van der Waals surface area contributed by atoms with Crippen molar-refractivity contribution in [2.75, 3.05) is 0 Å². The molecule has 18 heavy (non-hydrogen) atoms. The van der Waals surface area contributed by atoms with Crippen molar-refractivity contribution in [3.63, 3.8) is 0 Å². The summed E-state index contributed by atoms with van der Waals surface area (Å²) in [6, 6.07) is 6.10. The summed E-state index contributed by atoms with van der Waals surface area (Å²) in [6.07, 6.45) is 14.6. The summed E-state index contributed by atoms with van der Waals surface area (Å²) >= 11 is 0. The second-order valence-corrected chi connectivity index (χ2v) is 10.8. The molecule has 0 N–H and O–H groups in total. The molecule has 108 valence electrons. The van der Waals surface area contributed by atoms with E-state index in [-0.39, 0.29) is 0 Å². The van der Waals surface area contributed by atoms with Crippen molar-refractivity contribution in [3.05, 3.63) is 12.2 Å². The minimum Gasteiger partial charge on any atom is -0.0912 e. The van der Waals surface area contributed by atoms with Crippen LogP contribution in [0.15, 0.2) is 12.2 Å². The van der Waals surface area contributed by atoms with Crippen molar-refractivity contribution in [1.82, 2.24) is 0 Å². The molecule has 0 aromatic carbocycles. The molecule has 0 nitrogen and oxygen atoms in total. The SMILES string of the molecule is CCCCC/C=C/C[Si](CCC)(CCC)CCC. The molecular formula is C17H36Si. The lowest BCUT2D eigenvalue weighted by molar-refractivity contribution is 0.729. The summed E-state index contributed by atoms with van der Waals surface area (Å²) in [7, 11) is -0.951. The minimum atomic E-state index is -0.951. The number of rotatable bonds is 12. The molecule has 0 fully saturated rings. The Morgan fingerprint density at radius 2 is 1.22 bits per heavy atom. The molecule has 0 amide bonds. The van der Waals surface area contributed by atoms with Gasteiger partial charge in [-0.3, -0.25) is 0 Å². The van der Waals surface area contributed by atoms with Crippen molar-refractivity contribution in [2.24, 2.45) is 0 Å². The highest BCUT2D eigenvalue weighted by Crippen LogP contribution is 2.30. The van der Waals surface area contributed by atoms with Crippen LogP contribution in [0.4, 0.5) is 0 Å². The monoisotopic (exact) mass is 268 g/mol. The number of hydrogen-bond donors (Lipinski definition) is 0. The van der Waals surface area contributed by atoms with E-state index in [1.807, 2.05) is 0 Å². The van der Waals surface area contributed by atoms with Gasteiger partial charge in [-0.15, -0.1) is 0 Å². The quantitative estimate of drug-likeness (QED) is 0.207. The molecule has 0 unspecified atom stereocenters. The lowest BCUT2D eigenvalue weighted by atomic mass is 10.2. The van der Waals surface area contributed by atoms with Gasteiger partial charge >= 0.3 is 0 Å². The fraction of sp³-hybridized carbons (Fsp3) is 0.882. The lowest BCUT2D eigenvalue weighted by Gasteiger charge is -2.30. The van der Waals surface area contributed by atoms with Crippen molar-refractivity contribution in [3.8, 4) is 0 Å². The summed E-state index contributed by atoms with van der Waals surface area (Å²) in [6.45, 7) is 9.40. The van der Waals surface area contributed by atoms with Gasteiger partial charge in [-0.05, 0) is 18.9 Å². The van der Waals surface area contributed by atoms with Gasteiger partial charge in [0.25, 0.3) is 0 Å². The Hall–Kier alpha value is -0.0431. The summed E-state index contributed by atoms with van der Waals surface area (Å²) in [5, 5.41) is 0. The average Bonchev–Trinajstić information content (AvgIpc) is 2.35. The third kappa shape index (κ3) is 8.13. The highest BCUT2D eigenvalue weighted by atomic mass is 28.3. The largest absolute Gasteiger partial charge is 0.0912 e. The molecule has 0 radical (unpaired) electrons. The average molecular weight is 269 g/mol. The zero-order chi connectivity index (χ0) is 13.7. The summed E-state index contributed by atoms with van der Waals surface area (Å²) in [5.74, 6) is 0. The first kappa shape index (κ1) is 18.0. The number of hydrogen-bond acceptors (Lipinski definition) is 0. The molecule has 0 heterocycles. The zero-order valence-electron chi connectivity index (χ0n) is 13.4. The fourth-order valence-corrected chi connectivity index (χ4v) is 8.45. The van der Waals surface area contributed by atoms with Crippen LogP contribution < -0.4 is 0 Å². The molecule has 1 heteroatoms. The van der Waals surface area contributed by atoms with Gasteiger partial charge in [0, 0.05) is 0 Å². The van der Waals surface area contributed by atoms with E-state index in [0.717, 1.165) is 0 Å². The normalized spacial score (nSPS) is 12.4. The van der Waals surface area contributed by atoms with E-state index in [1.165, 1.54) is 51.0 Å². The molecule has 0 aromatic heterocycles. The van der Waals surface area contributed by atoms with Gasteiger partial charge in [0.1, 0.15) is 0 Å². The summed E-state index contributed by atoms with van der Waals surface area (Å²) in [5.41, 5.74) is 0. The molecule has 0 atom stereocenters. The molecule has 0 saturated heterocycles. The third-order valence-electron chi connectivity index (χ3n) is 4.03. The first-order chi connectivity index (χ1) is 8.74. The van der Waals surface area contributed by atoms with E-state index in [0.29, 0.717) is 0 Å². The highest BCUT2D eigenvalue weighted by molar-refractivity contribution is 6.80. The van der Waals surface area contributed by atoms with Crippen molar-refractivity contribution < 1.29 is 0 Å². The first-order valence-electron chi connectivity index (χ1n) is 8.39. The number of allylic oxidation sites excluding steroid dienone is 2. The molecule has 0 bridgehead atoms. The lowest BCUT2D eigenvalue weighted by Crippen LogP contribution is -2.32. The predicted molar refractivity (Wildman–Crippen MR) is 89.1 cm³/mol. The van der Waals surface area contributed by atoms with E-state index in [2.05, 4.69) is 39.8 Å². The van der Waals surface area contributed by atoms with Crippen LogP contribution in [0.25, 0.3) is 0 Å². The molecule has 0 aromatic rings. The van der Waals surface area contributed by atoms with Gasteiger partial charge in [0.05, 0.1) is 8.07 Å². The first-order valence-corrected chi connectivity index (χ1v) is 11.2. The molecule has 0 spiro atoms. The van der Waals surface area contributed by atoms with Crippen LogP contribution >= 0.6 is 0 Å². The van der Waals surface area contributed by atoms with Crippen molar-refractivity contribution >= 4 is 8.07 Å². The molecule has 0 aliphatic carbocycles. The van der Waals surface area contributed by atoms with E-state index in [1.54, 1.807) is 18.1 Å². The zero-order valence-corrected chi connectivity index (χ0v) is 14.4. The summed E-state index contributed by atoms with van der Waals surface area (Å²) < 4.78 is 0. The fourth-order valence-electron chi connectivity index (χ4n) is 3.24. The van der Waals surface area contributed by atoms with Crippen molar-refractivity contribution in [1.29, 1.82) is 0 Å². The maximum Gasteiger partial charge on any atom is 0.0573 e. The van der Waals surface area contributed by atoms with Gasteiger partial charge < -0.3 is 0 Å². The molecule has 0 saturated carbocycles. The Balaban J connectivity index is 4.19. The Bertz CT molecular complexity index is 179. The second-order valence-electron chi connectivity index (χ2n) is 5.92. The third-order valence-corrected chi connectivity index (χ3v) is 9.82. The van der Waals surface area contributed by atoms with Gasteiger partial charge in [-0.2, -0.15) is 0 Å². The molecular weight excluding hydrogens is 232 g/mol. The van der Waals surface area contributed by atoms with Gasteiger partial charge in [0.15, 0.2) is 0 Å². The Labute approximate surface area is 117 Å². The van der Waals surface area contributed by atoms with Gasteiger partial charge in [0.2, 0.25) is 0 Å². The van der Waals surface area contributed by atoms with Crippen molar-refractivity contribution in [2.45, 2.75) is 96.8 Å². The Morgan fingerprint density at radius 3 is 1.67 bits per heavy atom. The van der Waals surface area contributed by atoms with Crippen LogP contribution in [0, 0.1) is 0 Å². The Morgan fingerprint density at radius 1 is 0.667 bits per heavy atom. The van der Waals surface area contributed by atoms with E-state index >= 15 is 0 Å². The Kier molecular flexibility index (Phi) is 12.0. The van der Waals surface area contributed by atoms with Crippen LogP contribution in [0.5, 0.6) is 0 Å². The maximum atomic E-state index is 2.54. The smallest absolute Gasteiger partial charge is 0.0573 e. The van der Waals surface area contributed by atoms with E-state index < -0.39 is 8.07 Å². The number of unbranched alkanes of at least 4 members (excludes halogenated alkanes) is 3. The molecule has 0 aliphatic rings. The topological polar surface area (TPSA) is 0 Å².